The fourth-order valence-electron chi connectivity index (χ4n) is 1.26. The molecule has 1 saturated carbocycles. The summed E-state index contributed by atoms with van der Waals surface area (Å²) in [6.45, 7) is 0. The number of hydrogen-bond acceptors (Lipinski definition) is 2. The number of aromatic nitrogens is 1. The molecule has 1 aromatic heterocycles. The summed E-state index contributed by atoms with van der Waals surface area (Å²) < 4.78 is 0.825. The van der Waals surface area contributed by atoms with Gasteiger partial charge in [-0.1, -0.05) is 11.6 Å². The Kier molecular flexibility index (Phi) is 2.32. The van der Waals surface area contributed by atoms with Gasteiger partial charge in [-0.15, -0.1) is 22.9 Å². The summed E-state index contributed by atoms with van der Waals surface area (Å²) in [6, 6.07) is 0. The van der Waals surface area contributed by atoms with Crippen LogP contribution in [-0.4, -0.2) is 10.9 Å². The highest BCUT2D eigenvalue weighted by molar-refractivity contribution is 7.14. The Morgan fingerprint density at radius 2 is 2.33 bits per heavy atom. The molecule has 0 bridgehead atoms. The maximum atomic E-state index is 5.94. The third kappa shape index (κ3) is 1.61. The molecule has 0 unspecified atom stereocenters. The van der Waals surface area contributed by atoms with Crippen molar-refractivity contribution in [1.82, 2.24) is 4.98 Å². The van der Waals surface area contributed by atoms with Crippen LogP contribution in [0.3, 0.4) is 0 Å². The van der Waals surface area contributed by atoms with E-state index >= 15 is 0 Å². The van der Waals surface area contributed by atoms with Crippen molar-refractivity contribution in [2.24, 2.45) is 5.41 Å². The summed E-state index contributed by atoms with van der Waals surface area (Å²) in [6.07, 6.45) is 3.41. The van der Waals surface area contributed by atoms with E-state index < -0.39 is 0 Å². The molecule has 1 fully saturated rings. The standard InChI is InChI=1S/C8H9Cl2NS/c9-4-8(1-2-8)3-6-7(10)12-5-11-6/h5H,1-4H2. The molecule has 1 nitrogen and oxygen atoms in total. The highest BCUT2D eigenvalue weighted by atomic mass is 35.5. The van der Waals surface area contributed by atoms with Gasteiger partial charge in [-0.3, -0.25) is 0 Å². The highest BCUT2D eigenvalue weighted by Crippen LogP contribution is 2.49. The van der Waals surface area contributed by atoms with Crippen molar-refractivity contribution in [3.05, 3.63) is 15.5 Å². The Balaban J connectivity index is 2.08. The number of hydrogen-bond donors (Lipinski definition) is 0. The lowest BCUT2D eigenvalue weighted by Crippen LogP contribution is -2.06. The molecule has 66 valence electrons. The Hall–Kier alpha value is 0.210. The Morgan fingerprint density at radius 1 is 1.58 bits per heavy atom. The molecule has 0 atom stereocenters. The molecule has 12 heavy (non-hydrogen) atoms. The van der Waals surface area contributed by atoms with E-state index in [1.165, 1.54) is 24.2 Å². The topological polar surface area (TPSA) is 12.9 Å². The first-order chi connectivity index (χ1) is 5.76. The van der Waals surface area contributed by atoms with Crippen LogP contribution >= 0.6 is 34.5 Å². The van der Waals surface area contributed by atoms with E-state index in [1.807, 2.05) is 0 Å². The molecule has 0 amide bonds. The van der Waals surface area contributed by atoms with Crippen LogP contribution in [0, 0.1) is 5.41 Å². The third-order valence-electron chi connectivity index (χ3n) is 2.37. The largest absolute Gasteiger partial charge is 0.248 e. The van der Waals surface area contributed by atoms with Crippen LogP contribution in [0.15, 0.2) is 5.51 Å². The second-order valence-corrected chi connectivity index (χ2v) is 5.11. The molecule has 0 N–H and O–H groups in total. The van der Waals surface area contributed by atoms with E-state index in [-0.39, 0.29) is 0 Å². The molecular formula is C8H9Cl2NS. The van der Waals surface area contributed by atoms with E-state index in [0.29, 0.717) is 5.41 Å². The normalized spacial score (nSPS) is 19.5. The van der Waals surface area contributed by atoms with Gasteiger partial charge in [-0.05, 0) is 24.7 Å². The second kappa shape index (κ2) is 3.17. The van der Waals surface area contributed by atoms with E-state index in [0.717, 1.165) is 22.3 Å². The summed E-state index contributed by atoms with van der Waals surface area (Å²) in [5, 5.41) is 0. The van der Waals surface area contributed by atoms with Crippen LogP contribution < -0.4 is 0 Å². The molecule has 0 saturated heterocycles. The smallest absolute Gasteiger partial charge is 0.116 e. The van der Waals surface area contributed by atoms with Crippen molar-refractivity contribution in [3.8, 4) is 0 Å². The second-order valence-electron chi connectivity index (χ2n) is 3.38. The van der Waals surface area contributed by atoms with Crippen LogP contribution in [-0.2, 0) is 6.42 Å². The molecule has 0 spiro atoms. The van der Waals surface area contributed by atoms with Gasteiger partial charge in [0.05, 0.1) is 11.2 Å². The fraction of sp³-hybridized carbons (Fsp3) is 0.625. The van der Waals surface area contributed by atoms with Crippen LogP contribution in [0.4, 0.5) is 0 Å². The molecule has 4 heteroatoms. The monoisotopic (exact) mass is 221 g/mol. The van der Waals surface area contributed by atoms with Crippen LogP contribution in [0.1, 0.15) is 18.5 Å². The molecule has 1 aromatic rings. The van der Waals surface area contributed by atoms with Crippen LogP contribution in [0.5, 0.6) is 0 Å². The van der Waals surface area contributed by atoms with Crippen LogP contribution in [0.25, 0.3) is 0 Å². The van der Waals surface area contributed by atoms with Gasteiger partial charge in [-0.2, -0.15) is 0 Å². The molecular weight excluding hydrogens is 213 g/mol. The minimum Gasteiger partial charge on any atom is -0.248 e. The minimum atomic E-state index is 0.333. The van der Waals surface area contributed by atoms with Crippen molar-refractivity contribution in [2.75, 3.05) is 5.88 Å². The van der Waals surface area contributed by atoms with E-state index in [1.54, 1.807) is 5.51 Å². The lowest BCUT2D eigenvalue weighted by atomic mass is 10.0. The number of rotatable bonds is 3. The van der Waals surface area contributed by atoms with E-state index in [2.05, 4.69) is 4.98 Å². The lowest BCUT2D eigenvalue weighted by molar-refractivity contribution is 0.570. The fourth-order valence-corrected chi connectivity index (χ4v) is 2.39. The van der Waals surface area contributed by atoms with Crippen LogP contribution in [0.2, 0.25) is 4.34 Å². The summed E-state index contributed by atoms with van der Waals surface area (Å²) in [5.41, 5.74) is 3.15. The van der Waals surface area contributed by atoms with Gasteiger partial charge in [0.2, 0.25) is 0 Å². The van der Waals surface area contributed by atoms with Crippen molar-refractivity contribution >= 4 is 34.5 Å². The first kappa shape index (κ1) is 8.79. The number of thiazole rings is 1. The van der Waals surface area contributed by atoms with Gasteiger partial charge in [0.25, 0.3) is 0 Å². The van der Waals surface area contributed by atoms with Gasteiger partial charge in [-0.25, -0.2) is 4.98 Å². The predicted octanol–water partition coefficient (Wildman–Crippen LogP) is 3.36. The predicted molar refractivity (Wildman–Crippen MR) is 53.2 cm³/mol. The van der Waals surface area contributed by atoms with Crippen molar-refractivity contribution in [3.63, 3.8) is 0 Å². The summed E-state index contributed by atoms with van der Waals surface area (Å²) in [5.74, 6) is 0.737. The first-order valence-corrected chi connectivity index (χ1v) is 5.69. The molecule has 0 aliphatic heterocycles. The minimum absolute atomic E-state index is 0.333. The maximum absolute atomic E-state index is 5.94. The lowest BCUT2D eigenvalue weighted by Gasteiger charge is -2.07. The number of nitrogens with zero attached hydrogens (tertiary/aromatic N) is 1. The van der Waals surface area contributed by atoms with E-state index in [9.17, 15) is 0 Å². The Labute approximate surface area is 85.7 Å². The van der Waals surface area contributed by atoms with Gasteiger partial charge >= 0.3 is 0 Å². The quantitative estimate of drug-likeness (QED) is 0.714. The SMILES string of the molecule is ClCC1(Cc2ncsc2Cl)CC1. The maximum Gasteiger partial charge on any atom is 0.116 e. The molecule has 1 aliphatic rings. The first-order valence-electron chi connectivity index (χ1n) is 3.90. The van der Waals surface area contributed by atoms with Crippen molar-refractivity contribution in [2.45, 2.75) is 19.3 Å². The zero-order chi connectivity index (χ0) is 8.60. The number of halogens is 2. The molecule has 2 rings (SSSR count). The Morgan fingerprint density at radius 3 is 2.75 bits per heavy atom. The third-order valence-corrected chi connectivity index (χ3v) is 4.08. The average Bonchev–Trinajstić information content (AvgIpc) is 2.74. The number of alkyl halides is 1. The van der Waals surface area contributed by atoms with E-state index in [4.69, 9.17) is 23.2 Å². The van der Waals surface area contributed by atoms with Gasteiger partial charge in [0.15, 0.2) is 0 Å². The Bertz CT molecular complexity index is 280. The summed E-state index contributed by atoms with van der Waals surface area (Å²) in [7, 11) is 0. The zero-order valence-corrected chi connectivity index (χ0v) is 8.85. The van der Waals surface area contributed by atoms with Gasteiger partial charge < -0.3 is 0 Å². The van der Waals surface area contributed by atoms with Crippen molar-refractivity contribution < 1.29 is 0 Å². The molecule has 0 radical (unpaired) electrons. The zero-order valence-electron chi connectivity index (χ0n) is 6.52. The van der Waals surface area contributed by atoms with Crippen molar-refractivity contribution in [1.29, 1.82) is 0 Å². The summed E-state index contributed by atoms with van der Waals surface area (Å²) >= 11 is 13.3. The molecule has 0 aromatic carbocycles. The van der Waals surface area contributed by atoms with Gasteiger partial charge in [0.1, 0.15) is 4.34 Å². The molecule has 1 aliphatic carbocycles. The highest BCUT2D eigenvalue weighted by Gasteiger charge is 2.42. The average molecular weight is 222 g/mol. The van der Waals surface area contributed by atoms with Gasteiger partial charge in [0, 0.05) is 5.88 Å². The molecule has 1 heterocycles. The summed E-state index contributed by atoms with van der Waals surface area (Å²) in [4.78, 5) is 4.22.